The maximum absolute atomic E-state index is 10.0. The van der Waals surface area contributed by atoms with Gasteiger partial charge in [0.25, 0.3) is 0 Å². The molecular weight excluding hydrogens is 647 g/mol. The van der Waals surface area contributed by atoms with Crippen molar-refractivity contribution in [3.05, 3.63) is 114 Å². The number of hydrogen-bond donors (Lipinski definition) is 1. The number of ketones is 1. The van der Waals surface area contributed by atoms with Crippen molar-refractivity contribution in [2.75, 3.05) is 0 Å². The Morgan fingerprint density at radius 2 is 1.63 bits per heavy atom. The van der Waals surface area contributed by atoms with E-state index in [2.05, 4.69) is 85.8 Å². The smallest absolute Gasteiger partial charge is 0.155 e. The van der Waals surface area contributed by atoms with Crippen LogP contribution in [-0.4, -0.2) is 15.9 Å². The Morgan fingerprint density at radius 3 is 2.34 bits per heavy atom. The predicted octanol–water partition coefficient (Wildman–Crippen LogP) is 8.35. The number of aromatic nitrogens is 1. The molecule has 0 saturated heterocycles. The molecule has 1 aliphatic rings. The second kappa shape index (κ2) is 11.9. The molecule has 1 N–H and O–H groups in total. The minimum absolute atomic E-state index is 0. The van der Waals surface area contributed by atoms with E-state index < -0.39 is 0 Å². The fourth-order valence-corrected chi connectivity index (χ4v) is 5.30. The van der Waals surface area contributed by atoms with Crippen molar-refractivity contribution in [2.45, 2.75) is 40.0 Å². The van der Waals surface area contributed by atoms with E-state index in [0.29, 0.717) is 0 Å². The number of aliphatic hydroxyl groups is 1. The molecule has 0 saturated carbocycles. The van der Waals surface area contributed by atoms with E-state index in [-0.39, 0.29) is 31.6 Å². The fraction of sp³-hybridized carbons (Fsp3) is 0.176. The van der Waals surface area contributed by atoms with Gasteiger partial charge in [0, 0.05) is 32.4 Å². The molecule has 38 heavy (non-hydrogen) atoms. The van der Waals surface area contributed by atoms with E-state index in [1.54, 1.807) is 0 Å². The predicted molar refractivity (Wildman–Crippen MR) is 153 cm³/mol. The summed E-state index contributed by atoms with van der Waals surface area (Å²) in [5.74, 6) is -0.0625. The number of hydrogen-bond acceptors (Lipinski definition) is 3. The molecular formula is C34H30IrNO2-. The quantitative estimate of drug-likeness (QED) is 0.0905. The summed E-state index contributed by atoms with van der Waals surface area (Å²) < 4.78 is 0. The SMILES string of the molecule is CC(=O)/C=C(/C)O.Cc1cccc2c1ccc1c(-c3[c-]c4c(c(-c5ccccc5)c3)CCC4)nccc12.[Ir]. The van der Waals surface area contributed by atoms with E-state index in [4.69, 9.17) is 10.1 Å². The summed E-state index contributed by atoms with van der Waals surface area (Å²) in [6, 6.07) is 30.0. The molecule has 6 rings (SSSR count). The number of pyridine rings is 1. The van der Waals surface area contributed by atoms with Gasteiger partial charge in [-0.3, -0.25) is 4.79 Å². The Balaban J connectivity index is 0.000000375. The number of rotatable bonds is 3. The van der Waals surface area contributed by atoms with Gasteiger partial charge < -0.3 is 10.1 Å². The molecule has 0 atom stereocenters. The summed E-state index contributed by atoms with van der Waals surface area (Å²) in [7, 11) is 0. The summed E-state index contributed by atoms with van der Waals surface area (Å²) in [5, 5.41) is 13.4. The largest absolute Gasteiger partial charge is 0.512 e. The van der Waals surface area contributed by atoms with Crippen LogP contribution in [0.15, 0.2) is 90.8 Å². The topological polar surface area (TPSA) is 50.2 Å². The number of aliphatic hydroxyl groups excluding tert-OH is 1. The van der Waals surface area contributed by atoms with Crippen LogP contribution in [0.25, 0.3) is 43.9 Å². The van der Waals surface area contributed by atoms with Crippen LogP contribution in [0.1, 0.15) is 37.0 Å². The first-order valence-corrected chi connectivity index (χ1v) is 12.7. The summed E-state index contributed by atoms with van der Waals surface area (Å²) >= 11 is 0. The maximum Gasteiger partial charge on any atom is 0.155 e. The number of fused-ring (bicyclic) bond motifs is 4. The third-order valence-electron chi connectivity index (χ3n) is 6.89. The van der Waals surface area contributed by atoms with Crippen LogP contribution in [0.4, 0.5) is 0 Å². The van der Waals surface area contributed by atoms with Crippen LogP contribution >= 0.6 is 0 Å². The molecule has 5 aromatic rings. The van der Waals surface area contributed by atoms with Gasteiger partial charge in [-0.1, -0.05) is 79.1 Å². The molecule has 0 unspecified atom stereocenters. The van der Waals surface area contributed by atoms with Gasteiger partial charge in [0.2, 0.25) is 0 Å². The monoisotopic (exact) mass is 677 g/mol. The Hall–Kier alpha value is -3.59. The van der Waals surface area contributed by atoms with Crippen LogP contribution in [0.5, 0.6) is 0 Å². The molecule has 1 aliphatic carbocycles. The van der Waals surface area contributed by atoms with Gasteiger partial charge in [-0.2, -0.15) is 0 Å². The van der Waals surface area contributed by atoms with Crippen LogP contribution < -0.4 is 0 Å². The number of allylic oxidation sites excluding steroid dienone is 2. The molecule has 1 aromatic heterocycles. The molecule has 0 fully saturated rings. The molecule has 0 spiro atoms. The van der Waals surface area contributed by atoms with Crippen molar-refractivity contribution >= 4 is 27.3 Å². The van der Waals surface area contributed by atoms with Gasteiger partial charge in [0.05, 0.1) is 5.76 Å². The van der Waals surface area contributed by atoms with E-state index in [9.17, 15) is 4.79 Å². The second-order valence-electron chi connectivity index (χ2n) is 9.66. The molecule has 0 aliphatic heterocycles. The van der Waals surface area contributed by atoms with Crippen molar-refractivity contribution in [1.82, 2.24) is 4.98 Å². The van der Waals surface area contributed by atoms with Gasteiger partial charge in [0.15, 0.2) is 5.78 Å². The molecule has 4 heteroatoms. The molecule has 4 aromatic carbocycles. The van der Waals surface area contributed by atoms with Crippen molar-refractivity contribution < 1.29 is 30.0 Å². The van der Waals surface area contributed by atoms with Crippen molar-refractivity contribution in [1.29, 1.82) is 0 Å². The number of carbonyl (C=O) groups excluding carboxylic acids is 1. The molecule has 0 amide bonds. The minimum atomic E-state index is -0.125. The van der Waals surface area contributed by atoms with E-state index in [0.717, 1.165) is 24.1 Å². The zero-order valence-electron chi connectivity index (χ0n) is 21.8. The number of benzene rings is 4. The van der Waals surface area contributed by atoms with E-state index >= 15 is 0 Å². The Bertz CT molecular complexity index is 1650. The van der Waals surface area contributed by atoms with Crippen molar-refractivity contribution in [2.24, 2.45) is 0 Å². The third-order valence-corrected chi connectivity index (χ3v) is 6.89. The Kier molecular flexibility index (Phi) is 8.56. The van der Waals surface area contributed by atoms with E-state index in [1.807, 2.05) is 6.20 Å². The zero-order valence-corrected chi connectivity index (χ0v) is 24.2. The summed E-state index contributed by atoms with van der Waals surface area (Å²) in [6.45, 7) is 5.03. The standard InChI is InChI=1S/C29H22N.C5H8O2.Ir/c1-19-7-5-12-25-23(19)13-14-27-26(25)15-16-30-29(27)22-17-21-10-6-11-24(21)28(18-22)20-8-3-2-4-9-20;1-4(6)3-5(2)7;/h2-5,7-9,12-16,18H,6,10-11H2,1H3;3,6H,1-2H3;/q-1;;/b;4-3-;. The van der Waals surface area contributed by atoms with Gasteiger partial charge in [-0.15, -0.1) is 28.8 Å². The van der Waals surface area contributed by atoms with Crippen LogP contribution in [0.2, 0.25) is 0 Å². The average Bonchev–Trinajstić information content (AvgIpc) is 3.37. The molecule has 3 nitrogen and oxygen atoms in total. The second-order valence-corrected chi connectivity index (χ2v) is 9.66. The van der Waals surface area contributed by atoms with Crippen LogP contribution in [0.3, 0.4) is 0 Å². The Morgan fingerprint density at radius 1 is 0.895 bits per heavy atom. The molecule has 0 bridgehead atoms. The molecule has 1 heterocycles. The first-order valence-electron chi connectivity index (χ1n) is 12.7. The number of aryl methyl sites for hydroxylation is 2. The van der Waals surface area contributed by atoms with Gasteiger partial charge in [-0.05, 0) is 71.6 Å². The van der Waals surface area contributed by atoms with Gasteiger partial charge in [-0.25, -0.2) is 0 Å². The van der Waals surface area contributed by atoms with Crippen LogP contribution in [-0.2, 0) is 37.7 Å². The van der Waals surface area contributed by atoms with Crippen LogP contribution in [0, 0.1) is 13.0 Å². The summed E-state index contributed by atoms with van der Waals surface area (Å²) in [5.41, 5.74) is 8.89. The normalized spacial score (nSPS) is 12.4. The summed E-state index contributed by atoms with van der Waals surface area (Å²) in [4.78, 5) is 14.9. The number of nitrogens with zero attached hydrogens (tertiary/aromatic N) is 1. The van der Waals surface area contributed by atoms with Crippen molar-refractivity contribution in [3.8, 4) is 22.4 Å². The van der Waals surface area contributed by atoms with Gasteiger partial charge in [0.1, 0.15) is 0 Å². The maximum atomic E-state index is 10.0. The first kappa shape index (κ1) is 27.4. The number of carbonyl (C=O) groups is 1. The molecule has 193 valence electrons. The minimum Gasteiger partial charge on any atom is -0.512 e. The van der Waals surface area contributed by atoms with Crippen molar-refractivity contribution in [3.63, 3.8) is 0 Å². The Labute approximate surface area is 237 Å². The zero-order chi connectivity index (χ0) is 25.9. The fourth-order valence-electron chi connectivity index (χ4n) is 5.30. The third kappa shape index (κ3) is 5.62. The first-order chi connectivity index (χ1) is 17.9. The summed E-state index contributed by atoms with van der Waals surface area (Å²) in [6.07, 6.45) is 6.57. The van der Waals surface area contributed by atoms with Gasteiger partial charge >= 0.3 is 0 Å². The molecule has 1 radical (unpaired) electrons. The average molecular weight is 677 g/mol. The van der Waals surface area contributed by atoms with E-state index in [1.165, 1.54) is 75.7 Å².